The van der Waals surface area contributed by atoms with E-state index in [9.17, 15) is 4.39 Å². The number of benzene rings is 1. The number of rotatable bonds is 5. The Labute approximate surface area is 114 Å². The molecule has 106 valence electrons. The topological polar surface area (TPSA) is 30.5 Å². The Hall–Kier alpha value is -1.13. The van der Waals surface area contributed by atoms with E-state index in [1.807, 2.05) is 7.05 Å². The molecule has 1 N–H and O–H groups in total. The Bertz CT molecular complexity index is 430. The van der Waals surface area contributed by atoms with E-state index in [-0.39, 0.29) is 17.5 Å². The van der Waals surface area contributed by atoms with Crippen LogP contribution in [0.15, 0.2) is 18.2 Å². The first kappa shape index (κ1) is 14.3. The van der Waals surface area contributed by atoms with Crippen LogP contribution < -0.4 is 10.1 Å². The molecule has 1 aliphatic rings. The average molecular weight is 267 g/mol. The van der Waals surface area contributed by atoms with Gasteiger partial charge in [0.25, 0.3) is 0 Å². The minimum absolute atomic E-state index is 0.0642. The van der Waals surface area contributed by atoms with Gasteiger partial charge in [0.1, 0.15) is 11.6 Å². The average Bonchev–Trinajstić information content (AvgIpc) is 2.90. The standard InChI is InChI=1S/C15H22FNO2/c1-17-14(15(19-3)8-4-5-9-15)12-10-11(16)6-7-13(12)18-2/h6-7,10,14,17H,4-5,8-9H2,1-3H3. The highest BCUT2D eigenvalue weighted by molar-refractivity contribution is 5.38. The molecule has 0 radical (unpaired) electrons. The van der Waals surface area contributed by atoms with Crippen LogP contribution >= 0.6 is 0 Å². The molecule has 4 heteroatoms. The predicted octanol–water partition coefficient (Wildman–Crippen LogP) is 3.05. The molecule has 0 spiro atoms. The van der Waals surface area contributed by atoms with Gasteiger partial charge in [-0.05, 0) is 38.1 Å². The number of hydrogen-bond acceptors (Lipinski definition) is 3. The first-order chi connectivity index (χ1) is 9.16. The summed E-state index contributed by atoms with van der Waals surface area (Å²) in [5.41, 5.74) is 0.560. The Morgan fingerprint density at radius 1 is 1.26 bits per heavy atom. The van der Waals surface area contributed by atoms with E-state index in [4.69, 9.17) is 9.47 Å². The molecular weight excluding hydrogens is 245 g/mol. The summed E-state index contributed by atoms with van der Waals surface area (Å²) in [6, 6.07) is 4.57. The van der Waals surface area contributed by atoms with E-state index in [1.54, 1.807) is 26.4 Å². The Morgan fingerprint density at radius 3 is 2.47 bits per heavy atom. The molecule has 19 heavy (non-hydrogen) atoms. The van der Waals surface area contributed by atoms with Crippen molar-refractivity contribution in [2.24, 2.45) is 0 Å². The van der Waals surface area contributed by atoms with Gasteiger partial charge in [-0.3, -0.25) is 0 Å². The van der Waals surface area contributed by atoms with Crippen LogP contribution in [0.2, 0.25) is 0 Å². The van der Waals surface area contributed by atoms with Crippen LogP contribution in [0.3, 0.4) is 0 Å². The molecule has 1 fully saturated rings. The minimum Gasteiger partial charge on any atom is -0.496 e. The van der Waals surface area contributed by atoms with Gasteiger partial charge >= 0.3 is 0 Å². The second-order valence-electron chi connectivity index (χ2n) is 5.08. The van der Waals surface area contributed by atoms with Crippen LogP contribution in [-0.4, -0.2) is 26.9 Å². The number of methoxy groups -OCH3 is 2. The van der Waals surface area contributed by atoms with E-state index in [0.29, 0.717) is 5.75 Å². The van der Waals surface area contributed by atoms with Crippen LogP contribution in [-0.2, 0) is 4.74 Å². The molecule has 1 aromatic rings. The van der Waals surface area contributed by atoms with Crippen LogP contribution in [0.1, 0.15) is 37.3 Å². The van der Waals surface area contributed by atoms with Gasteiger partial charge in [-0.25, -0.2) is 4.39 Å². The SMILES string of the molecule is CNC(c1cc(F)ccc1OC)C1(OC)CCCC1. The zero-order valence-corrected chi connectivity index (χ0v) is 11.8. The molecule has 1 aliphatic carbocycles. The first-order valence-corrected chi connectivity index (χ1v) is 6.72. The lowest BCUT2D eigenvalue weighted by Crippen LogP contribution is -2.42. The summed E-state index contributed by atoms with van der Waals surface area (Å²) in [6.07, 6.45) is 4.25. The summed E-state index contributed by atoms with van der Waals surface area (Å²) in [5, 5.41) is 3.28. The fraction of sp³-hybridized carbons (Fsp3) is 0.600. The highest BCUT2D eigenvalue weighted by Crippen LogP contribution is 2.44. The summed E-state index contributed by atoms with van der Waals surface area (Å²) >= 11 is 0. The third-order valence-electron chi connectivity index (χ3n) is 4.17. The molecule has 0 amide bonds. The number of hydrogen-bond donors (Lipinski definition) is 1. The van der Waals surface area contributed by atoms with Crippen LogP contribution in [0, 0.1) is 5.82 Å². The Morgan fingerprint density at radius 2 is 1.95 bits per heavy atom. The van der Waals surface area contributed by atoms with Gasteiger partial charge in [0.2, 0.25) is 0 Å². The van der Waals surface area contributed by atoms with E-state index >= 15 is 0 Å². The second kappa shape index (κ2) is 5.88. The highest BCUT2D eigenvalue weighted by Gasteiger charge is 2.42. The fourth-order valence-corrected chi connectivity index (χ4v) is 3.22. The third kappa shape index (κ3) is 2.60. The highest BCUT2D eigenvalue weighted by atomic mass is 19.1. The Balaban J connectivity index is 2.43. The van der Waals surface area contributed by atoms with Crippen molar-refractivity contribution in [2.45, 2.75) is 37.3 Å². The van der Waals surface area contributed by atoms with E-state index in [0.717, 1.165) is 31.2 Å². The molecule has 0 aromatic heterocycles. The molecule has 0 bridgehead atoms. The van der Waals surface area contributed by atoms with Gasteiger partial charge in [-0.15, -0.1) is 0 Å². The summed E-state index contributed by atoms with van der Waals surface area (Å²) in [6.45, 7) is 0. The summed E-state index contributed by atoms with van der Waals surface area (Å²) in [5.74, 6) is 0.448. The molecule has 3 nitrogen and oxygen atoms in total. The molecule has 1 atom stereocenters. The normalized spacial score (nSPS) is 19.4. The van der Waals surface area contributed by atoms with Crippen LogP contribution in [0.25, 0.3) is 0 Å². The zero-order valence-electron chi connectivity index (χ0n) is 11.8. The van der Waals surface area contributed by atoms with Crippen molar-refractivity contribution < 1.29 is 13.9 Å². The van der Waals surface area contributed by atoms with Crippen LogP contribution in [0.5, 0.6) is 5.75 Å². The van der Waals surface area contributed by atoms with Crippen molar-refractivity contribution in [1.29, 1.82) is 0 Å². The maximum absolute atomic E-state index is 13.6. The van der Waals surface area contributed by atoms with Crippen molar-refractivity contribution in [1.82, 2.24) is 5.32 Å². The molecule has 0 saturated heterocycles. The first-order valence-electron chi connectivity index (χ1n) is 6.72. The van der Waals surface area contributed by atoms with Gasteiger partial charge < -0.3 is 14.8 Å². The minimum atomic E-state index is -0.268. The maximum atomic E-state index is 13.6. The number of ether oxygens (including phenoxy) is 2. The fourth-order valence-electron chi connectivity index (χ4n) is 3.22. The number of likely N-dealkylation sites (N-methyl/N-ethyl adjacent to an activating group) is 1. The lowest BCUT2D eigenvalue weighted by Gasteiger charge is -2.37. The lowest BCUT2D eigenvalue weighted by molar-refractivity contribution is -0.0354. The summed E-state index contributed by atoms with van der Waals surface area (Å²) in [7, 11) is 5.23. The zero-order chi connectivity index (χ0) is 13.9. The van der Waals surface area contributed by atoms with Crippen molar-refractivity contribution in [3.8, 4) is 5.75 Å². The van der Waals surface area contributed by atoms with E-state index in [2.05, 4.69) is 5.32 Å². The van der Waals surface area contributed by atoms with Crippen LogP contribution in [0.4, 0.5) is 4.39 Å². The molecular formula is C15H22FNO2. The van der Waals surface area contributed by atoms with Crippen molar-refractivity contribution in [2.75, 3.05) is 21.3 Å². The van der Waals surface area contributed by atoms with Gasteiger partial charge in [0.15, 0.2) is 0 Å². The number of halogens is 1. The molecule has 0 heterocycles. The number of nitrogens with one attached hydrogen (secondary N) is 1. The lowest BCUT2D eigenvalue weighted by atomic mass is 9.86. The predicted molar refractivity (Wildman–Crippen MR) is 73.0 cm³/mol. The van der Waals surface area contributed by atoms with Gasteiger partial charge in [0, 0.05) is 12.7 Å². The smallest absolute Gasteiger partial charge is 0.123 e. The quantitative estimate of drug-likeness (QED) is 0.889. The Kier molecular flexibility index (Phi) is 4.42. The van der Waals surface area contributed by atoms with Gasteiger partial charge in [-0.1, -0.05) is 12.8 Å². The maximum Gasteiger partial charge on any atom is 0.123 e. The molecule has 1 unspecified atom stereocenters. The largest absolute Gasteiger partial charge is 0.496 e. The van der Waals surface area contributed by atoms with Gasteiger partial charge in [-0.2, -0.15) is 0 Å². The van der Waals surface area contributed by atoms with Gasteiger partial charge in [0.05, 0.1) is 18.8 Å². The summed E-state index contributed by atoms with van der Waals surface area (Å²) < 4.78 is 24.7. The second-order valence-corrected chi connectivity index (χ2v) is 5.08. The molecule has 1 saturated carbocycles. The molecule has 1 aromatic carbocycles. The van der Waals surface area contributed by atoms with E-state index < -0.39 is 0 Å². The van der Waals surface area contributed by atoms with Crippen molar-refractivity contribution in [3.05, 3.63) is 29.6 Å². The van der Waals surface area contributed by atoms with E-state index in [1.165, 1.54) is 6.07 Å². The molecule has 2 rings (SSSR count). The summed E-state index contributed by atoms with van der Waals surface area (Å²) in [4.78, 5) is 0. The van der Waals surface area contributed by atoms with Crippen molar-refractivity contribution in [3.63, 3.8) is 0 Å². The third-order valence-corrected chi connectivity index (χ3v) is 4.17. The molecule has 0 aliphatic heterocycles. The monoisotopic (exact) mass is 267 g/mol. The van der Waals surface area contributed by atoms with Crippen molar-refractivity contribution >= 4 is 0 Å².